The van der Waals surface area contributed by atoms with Gasteiger partial charge in [0.05, 0.1) is 19.3 Å². The van der Waals surface area contributed by atoms with Gasteiger partial charge in [-0.05, 0) is 29.8 Å². The van der Waals surface area contributed by atoms with Gasteiger partial charge in [0.2, 0.25) is 0 Å². The zero-order valence-electron chi connectivity index (χ0n) is 11.3. The van der Waals surface area contributed by atoms with Crippen molar-refractivity contribution in [3.8, 4) is 0 Å². The highest BCUT2D eigenvalue weighted by Gasteiger charge is 2.12. The summed E-state index contributed by atoms with van der Waals surface area (Å²) in [4.78, 5) is 2.00. The SMILES string of the molecule is CN(CCc1cccc2ccccc12)C(CO)CO. The van der Waals surface area contributed by atoms with Gasteiger partial charge in [0.25, 0.3) is 0 Å². The molecule has 0 aliphatic rings. The Morgan fingerprint density at radius 1 is 1.00 bits per heavy atom. The predicted octanol–water partition coefficient (Wildman–Crippen LogP) is 1.67. The van der Waals surface area contributed by atoms with E-state index >= 15 is 0 Å². The molecular weight excluding hydrogens is 238 g/mol. The van der Waals surface area contributed by atoms with Gasteiger partial charge in [-0.25, -0.2) is 0 Å². The zero-order valence-corrected chi connectivity index (χ0v) is 11.3. The van der Waals surface area contributed by atoms with E-state index in [1.165, 1.54) is 16.3 Å². The minimum atomic E-state index is -0.171. The van der Waals surface area contributed by atoms with Crippen LogP contribution in [0.4, 0.5) is 0 Å². The topological polar surface area (TPSA) is 43.7 Å². The molecule has 0 aromatic heterocycles. The maximum atomic E-state index is 9.16. The molecule has 0 heterocycles. The third-order valence-corrected chi connectivity index (χ3v) is 3.66. The van der Waals surface area contributed by atoms with Crippen LogP contribution in [0.25, 0.3) is 10.8 Å². The van der Waals surface area contributed by atoms with E-state index in [9.17, 15) is 0 Å². The smallest absolute Gasteiger partial charge is 0.0609 e. The lowest BCUT2D eigenvalue weighted by atomic mass is 10.0. The zero-order chi connectivity index (χ0) is 13.7. The summed E-state index contributed by atoms with van der Waals surface area (Å²) in [6, 6.07) is 14.5. The van der Waals surface area contributed by atoms with Crippen LogP contribution >= 0.6 is 0 Å². The molecule has 0 amide bonds. The highest BCUT2D eigenvalue weighted by molar-refractivity contribution is 5.85. The normalized spacial score (nSPS) is 11.6. The number of fused-ring (bicyclic) bond motifs is 1. The minimum Gasteiger partial charge on any atom is -0.395 e. The Labute approximate surface area is 114 Å². The van der Waals surface area contributed by atoms with Gasteiger partial charge in [-0.15, -0.1) is 0 Å². The van der Waals surface area contributed by atoms with Crippen molar-refractivity contribution in [1.29, 1.82) is 0 Å². The lowest BCUT2D eigenvalue weighted by Crippen LogP contribution is -2.38. The molecule has 3 nitrogen and oxygen atoms in total. The summed E-state index contributed by atoms with van der Waals surface area (Å²) in [5.41, 5.74) is 1.31. The van der Waals surface area contributed by atoms with Gasteiger partial charge in [0, 0.05) is 6.54 Å². The van der Waals surface area contributed by atoms with Crippen LogP contribution in [0, 0.1) is 0 Å². The summed E-state index contributed by atoms with van der Waals surface area (Å²) in [6.45, 7) is 0.796. The number of benzene rings is 2. The molecule has 0 bridgehead atoms. The molecule has 0 saturated heterocycles. The first-order valence-corrected chi connectivity index (χ1v) is 6.65. The van der Waals surface area contributed by atoms with Crippen LogP contribution in [0.2, 0.25) is 0 Å². The average Bonchev–Trinajstić information content (AvgIpc) is 2.46. The molecule has 3 heteroatoms. The lowest BCUT2D eigenvalue weighted by Gasteiger charge is -2.24. The van der Waals surface area contributed by atoms with E-state index in [2.05, 4.69) is 36.4 Å². The molecule has 19 heavy (non-hydrogen) atoms. The molecule has 0 radical (unpaired) electrons. The van der Waals surface area contributed by atoms with Crippen molar-refractivity contribution in [2.24, 2.45) is 0 Å². The highest BCUT2D eigenvalue weighted by Crippen LogP contribution is 2.19. The fraction of sp³-hybridized carbons (Fsp3) is 0.375. The van der Waals surface area contributed by atoms with Crippen molar-refractivity contribution in [3.05, 3.63) is 48.0 Å². The predicted molar refractivity (Wildman–Crippen MR) is 78.2 cm³/mol. The molecule has 0 saturated carbocycles. The molecule has 2 aromatic carbocycles. The second-order valence-electron chi connectivity index (χ2n) is 4.89. The van der Waals surface area contributed by atoms with Crippen LogP contribution in [-0.2, 0) is 6.42 Å². The standard InChI is InChI=1S/C16H21NO2/c1-17(15(11-18)12-19)10-9-14-7-4-6-13-5-2-3-8-16(13)14/h2-8,15,18-19H,9-12H2,1H3. The number of likely N-dealkylation sites (N-methyl/N-ethyl adjacent to an activating group) is 1. The van der Waals surface area contributed by atoms with Crippen molar-refractivity contribution in [3.63, 3.8) is 0 Å². The lowest BCUT2D eigenvalue weighted by molar-refractivity contribution is 0.0926. The Kier molecular flexibility index (Phi) is 4.91. The van der Waals surface area contributed by atoms with Gasteiger partial charge in [0.1, 0.15) is 0 Å². The largest absolute Gasteiger partial charge is 0.395 e. The van der Waals surface area contributed by atoms with Crippen LogP contribution in [0.5, 0.6) is 0 Å². The van der Waals surface area contributed by atoms with Crippen molar-refractivity contribution < 1.29 is 10.2 Å². The molecule has 0 spiro atoms. The number of hydrogen-bond donors (Lipinski definition) is 2. The van der Waals surface area contributed by atoms with E-state index in [0.29, 0.717) is 0 Å². The summed E-state index contributed by atoms with van der Waals surface area (Å²) >= 11 is 0. The first-order valence-electron chi connectivity index (χ1n) is 6.65. The van der Waals surface area contributed by atoms with Crippen molar-refractivity contribution in [2.45, 2.75) is 12.5 Å². The molecule has 2 N–H and O–H groups in total. The molecule has 0 atom stereocenters. The molecular formula is C16H21NO2. The van der Waals surface area contributed by atoms with E-state index in [1.807, 2.05) is 18.0 Å². The summed E-state index contributed by atoms with van der Waals surface area (Å²) in [7, 11) is 1.93. The molecule has 2 rings (SSSR count). The van der Waals surface area contributed by atoms with E-state index in [0.717, 1.165) is 13.0 Å². The molecule has 0 fully saturated rings. The quantitative estimate of drug-likeness (QED) is 0.829. The summed E-state index contributed by atoms with van der Waals surface area (Å²) < 4.78 is 0. The molecule has 0 aliphatic heterocycles. The fourth-order valence-corrected chi connectivity index (χ4v) is 2.33. The van der Waals surface area contributed by atoms with Crippen molar-refractivity contribution in [2.75, 3.05) is 26.8 Å². The summed E-state index contributed by atoms with van der Waals surface area (Å²) in [5.74, 6) is 0. The third kappa shape index (κ3) is 3.32. The maximum absolute atomic E-state index is 9.16. The van der Waals surface area contributed by atoms with Crippen LogP contribution in [0.15, 0.2) is 42.5 Å². The van der Waals surface area contributed by atoms with Crippen LogP contribution in [-0.4, -0.2) is 48.0 Å². The second-order valence-corrected chi connectivity index (χ2v) is 4.89. The monoisotopic (exact) mass is 259 g/mol. The summed E-state index contributed by atoms with van der Waals surface area (Å²) in [5, 5.41) is 20.9. The fourth-order valence-electron chi connectivity index (χ4n) is 2.33. The van der Waals surface area contributed by atoms with Crippen molar-refractivity contribution >= 4 is 10.8 Å². The number of aliphatic hydroxyl groups is 2. The van der Waals surface area contributed by atoms with Crippen LogP contribution in [0.1, 0.15) is 5.56 Å². The molecule has 2 aromatic rings. The van der Waals surface area contributed by atoms with E-state index in [4.69, 9.17) is 10.2 Å². The molecule has 0 aliphatic carbocycles. The molecule has 0 unspecified atom stereocenters. The molecule has 102 valence electrons. The van der Waals surface area contributed by atoms with Gasteiger partial charge < -0.3 is 10.2 Å². The van der Waals surface area contributed by atoms with Gasteiger partial charge in [-0.1, -0.05) is 42.5 Å². The highest BCUT2D eigenvalue weighted by atomic mass is 16.3. The van der Waals surface area contributed by atoms with E-state index in [1.54, 1.807) is 0 Å². The van der Waals surface area contributed by atoms with Crippen molar-refractivity contribution in [1.82, 2.24) is 4.90 Å². The Morgan fingerprint density at radius 2 is 1.68 bits per heavy atom. The van der Waals surface area contributed by atoms with Crippen LogP contribution < -0.4 is 0 Å². The number of rotatable bonds is 6. The van der Waals surface area contributed by atoms with Gasteiger partial charge in [-0.3, -0.25) is 4.90 Å². The first kappa shape index (κ1) is 14.0. The minimum absolute atomic E-state index is 0.0114. The maximum Gasteiger partial charge on any atom is 0.0609 e. The Bertz CT molecular complexity index is 518. The Balaban J connectivity index is 2.09. The number of aliphatic hydroxyl groups excluding tert-OH is 2. The third-order valence-electron chi connectivity index (χ3n) is 3.66. The Morgan fingerprint density at radius 3 is 2.42 bits per heavy atom. The van der Waals surface area contributed by atoms with E-state index < -0.39 is 0 Å². The second kappa shape index (κ2) is 6.66. The van der Waals surface area contributed by atoms with Gasteiger partial charge in [0.15, 0.2) is 0 Å². The number of nitrogens with zero attached hydrogens (tertiary/aromatic N) is 1. The first-order chi connectivity index (χ1) is 9.26. The Hall–Kier alpha value is -1.42. The van der Waals surface area contributed by atoms with E-state index in [-0.39, 0.29) is 19.3 Å². The summed E-state index contributed by atoms with van der Waals surface area (Å²) in [6.07, 6.45) is 0.911. The number of hydrogen-bond acceptors (Lipinski definition) is 3. The van der Waals surface area contributed by atoms with Crippen LogP contribution in [0.3, 0.4) is 0 Å². The van der Waals surface area contributed by atoms with Gasteiger partial charge >= 0.3 is 0 Å². The average molecular weight is 259 g/mol. The van der Waals surface area contributed by atoms with Gasteiger partial charge in [-0.2, -0.15) is 0 Å².